The molecule has 32 heavy (non-hydrogen) atoms. The molecular formula is C23H29N7O2. The van der Waals surface area contributed by atoms with E-state index in [0.717, 1.165) is 35.5 Å². The molecule has 3 heterocycles. The predicted octanol–water partition coefficient (Wildman–Crippen LogP) is 3.57. The molecule has 0 saturated carbocycles. The van der Waals surface area contributed by atoms with Gasteiger partial charge in [0.05, 0.1) is 11.9 Å². The van der Waals surface area contributed by atoms with Crippen molar-refractivity contribution in [3.05, 3.63) is 52.7 Å². The van der Waals surface area contributed by atoms with E-state index in [-0.39, 0.29) is 11.3 Å². The number of aryl methyl sites for hydroxylation is 2. The molecule has 0 spiro atoms. The molecule has 1 aromatic carbocycles. The number of nitrogens with one attached hydrogen (secondary N) is 3. The monoisotopic (exact) mass is 435 g/mol. The van der Waals surface area contributed by atoms with E-state index in [1.807, 2.05) is 44.3 Å². The van der Waals surface area contributed by atoms with Gasteiger partial charge in [0.15, 0.2) is 5.82 Å². The summed E-state index contributed by atoms with van der Waals surface area (Å²) in [6, 6.07) is 7.68. The van der Waals surface area contributed by atoms with Crippen LogP contribution in [0, 0.1) is 13.8 Å². The van der Waals surface area contributed by atoms with Gasteiger partial charge in [-0.05, 0) is 61.9 Å². The molecule has 9 heteroatoms. The highest BCUT2D eigenvalue weighted by Gasteiger charge is 2.19. The second-order valence-electron chi connectivity index (χ2n) is 8.19. The lowest BCUT2D eigenvalue weighted by molar-refractivity contribution is 0.100. The van der Waals surface area contributed by atoms with Crippen LogP contribution in [-0.4, -0.2) is 39.3 Å². The van der Waals surface area contributed by atoms with E-state index in [1.165, 1.54) is 19.3 Å². The normalized spacial score (nSPS) is 13.8. The van der Waals surface area contributed by atoms with Gasteiger partial charge < -0.3 is 26.4 Å². The number of carbonyl (C=O) groups excluding carboxylic acids is 1. The molecule has 1 aliphatic heterocycles. The van der Waals surface area contributed by atoms with Crippen molar-refractivity contribution in [3.63, 3.8) is 0 Å². The van der Waals surface area contributed by atoms with Gasteiger partial charge in [-0.15, -0.1) is 0 Å². The number of carbonyl (C=O) groups is 1. The zero-order valence-electron chi connectivity index (χ0n) is 18.4. The van der Waals surface area contributed by atoms with E-state index in [9.17, 15) is 9.90 Å². The number of pyridine rings is 1. The first-order chi connectivity index (χ1) is 15.4. The molecule has 6 N–H and O–H groups in total. The van der Waals surface area contributed by atoms with Crippen molar-refractivity contribution in [1.29, 1.82) is 0 Å². The molecule has 1 saturated heterocycles. The maximum Gasteiger partial charge on any atom is 0.256 e. The number of phenolic OH excluding ortho intramolecular Hbond substituents is 1. The fraction of sp³-hybridized carbons (Fsp3) is 0.348. The SMILES string of the molecule is Cc1cc(CNc2n[nH]c(Nc3ccc(N4CCCCC4)cn3)c2C(N)=O)cc(C)c1O. The van der Waals surface area contributed by atoms with E-state index in [0.29, 0.717) is 24.0 Å². The maximum absolute atomic E-state index is 12.1. The molecule has 0 unspecified atom stereocenters. The fourth-order valence-corrected chi connectivity index (χ4v) is 4.06. The van der Waals surface area contributed by atoms with Crippen LogP contribution in [0.3, 0.4) is 0 Å². The van der Waals surface area contributed by atoms with E-state index < -0.39 is 5.91 Å². The van der Waals surface area contributed by atoms with Gasteiger partial charge in [0.1, 0.15) is 22.9 Å². The largest absolute Gasteiger partial charge is 0.507 e. The zero-order chi connectivity index (χ0) is 22.7. The summed E-state index contributed by atoms with van der Waals surface area (Å²) in [5.41, 5.74) is 9.51. The van der Waals surface area contributed by atoms with Crippen molar-refractivity contribution >= 4 is 29.0 Å². The third-order valence-electron chi connectivity index (χ3n) is 5.75. The number of piperidine rings is 1. The summed E-state index contributed by atoms with van der Waals surface area (Å²) in [4.78, 5) is 19.0. The highest BCUT2D eigenvalue weighted by atomic mass is 16.3. The standard InChI is InChI=1S/C23H29N7O2/c1-14-10-16(11-15(2)20(14)31)12-26-22-19(21(24)32)23(29-28-22)27-18-7-6-17(13-25-18)30-8-4-3-5-9-30/h6-7,10-11,13,31H,3-5,8-9,12H2,1-2H3,(H2,24,32)(H3,25,26,27,28,29). The molecule has 0 aliphatic carbocycles. The molecule has 168 valence electrons. The van der Waals surface area contributed by atoms with Gasteiger partial charge in [0, 0.05) is 19.6 Å². The third kappa shape index (κ3) is 4.61. The number of nitrogens with zero attached hydrogens (tertiary/aromatic N) is 3. The number of hydrogen-bond donors (Lipinski definition) is 5. The second kappa shape index (κ2) is 9.17. The van der Waals surface area contributed by atoms with Crippen LogP contribution >= 0.6 is 0 Å². The van der Waals surface area contributed by atoms with Gasteiger partial charge in [-0.25, -0.2) is 4.98 Å². The average molecular weight is 436 g/mol. The third-order valence-corrected chi connectivity index (χ3v) is 5.75. The number of primary amides is 1. The van der Waals surface area contributed by atoms with Crippen molar-refractivity contribution in [2.24, 2.45) is 5.73 Å². The van der Waals surface area contributed by atoms with Gasteiger partial charge in [-0.2, -0.15) is 5.10 Å². The highest BCUT2D eigenvalue weighted by Crippen LogP contribution is 2.27. The molecule has 9 nitrogen and oxygen atoms in total. The van der Waals surface area contributed by atoms with Crippen LogP contribution in [0.4, 0.5) is 23.1 Å². The number of hydrogen-bond acceptors (Lipinski definition) is 7. The van der Waals surface area contributed by atoms with Crippen LogP contribution in [0.5, 0.6) is 5.75 Å². The number of aromatic amines is 1. The molecular weight excluding hydrogens is 406 g/mol. The Morgan fingerprint density at radius 1 is 1.19 bits per heavy atom. The molecule has 4 rings (SSSR count). The average Bonchev–Trinajstić information content (AvgIpc) is 3.19. The van der Waals surface area contributed by atoms with Gasteiger partial charge in [-0.3, -0.25) is 9.89 Å². The van der Waals surface area contributed by atoms with Crippen LogP contribution in [0.15, 0.2) is 30.5 Å². The lowest BCUT2D eigenvalue weighted by atomic mass is 10.1. The number of H-pyrrole nitrogens is 1. The number of rotatable bonds is 7. The minimum absolute atomic E-state index is 0.235. The fourth-order valence-electron chi connectivity index (χ4n) is 4.06. The highest BCUT2D eigenvalue weighted by molar-refractivity contribution is 6.03. The Kier molecular flexibility index (Phi) is 6.16. The summed E-state index contributed by atoms with van der Waals surface area (Å²) in [6.45, 7) is 6.22. The quantitative estimate of drug-likeness (QED) is 0.383. The Balaban J connectivity index is 1.47. The number of aromatic hydroxyl groups is 1. The zero-order valence-corrected chi connectivity index (χ0v) is 18.4. The summed E-state index contributed by atoms with van der Waals surface area (Å²) in [7, 11) is 0. The maximum atomic E-state index is 12.1. The summed E-state index contributed by atoms with van der Waals surface area (Å²) in [5.74, 6) is 1.02. The number of nitrogens with two attached hydrogens (primary N) is 1. The van der Waals surface area contributed by atoms with Crippen molar-refractivity contribution in [1.82, 2.24) is 15.2 Å². The van der Waals surface area contributed by atoms with Crippen molar-refractivity contribution < 1.29 is 9.90 Å². The number of benzene rings is 1. The van der Waals surface area contributed by atoms with E-state index in [1.54, 1.807) is 0 Å². The number of aromatic nitrogens is 3. The summed E-state index contributed by atoms with van der Waals surface area (Å²) < 4.78 is 0. The number of amides is 1. The molecule has 0 radical (unpaired) electrons. The number of anilines is 4. The summed E-state index contributed by atoms with van der Waals surface area (Å²) in [5, 5.41) is 23.3. The van der Waals surface area contributed by atoms with Crippen LogP contribution in [0.1, 0.15) is 46.3 Å². The Morgan fingerprint density at radius 2 is 1.91 bits per heavy atom. The molecule has 2 aromatic heterocycles. The van der Waals surface area contributed by atoms with Gasteiger partial charge in [0.2, 0.25) is 0 Å². The van der Waals surface area contributed by atoms with Gasteiger partial charge in [0.25, 0.3) is 5.91 Å². The van der Waals surface area contributed by atoms with Crippen molar-refractivity contribution in [2.45, 2.75) is 39.7 Å². The first-order valence-corrected chi connectivity index (χ1v) is 10.8. The van der Waals surface area contributed by atoms with E-state index in [2.05, 4.69) is 30.7 Å². The van der Waals surface area contributed by atoms with Crippen LogP contribution < -0.4 is 21.3 Å². The Labute approximate surface area is 187 Å². The molecule has 1 amide bonds. The molecule has 1 aliphatic rings. The predicted molar refractivity (Wildman–Crippen MR) is 126 cm³/mol. The Morgan fingerprint density at radius 3 is 2.53 bits per heavy atom. The molecule has 0 atom stereocenters. The first-order valence-electron chi connectivity index (χ1n) is 10.8. The number of phenols is 1. The Bertz CT molecular complexity index is 1080. The van der Waals surface area contributed by atoms with E-state index in [4.69, 9.17) is 5.73 Å². The van der Waals surface area contributed by atoms with E-state index >= 15 is 0 Å². The van der Waals surface area contributed by atoms with Crippen LogP contribution in [0.25, 0.3) is 0 Å². The lowest BCUT2D eigenvalue weighted by Gasteiger charge is -2.28. The first kappa shape index (κ1) is 21.5. The smallest absolute Gasteiger partial charge is 0.256 e. The summed E-state index contributed by atoms with van der Waals surface area (Å²) >= 11 is 0. The van der Waals surface area contributed by atoms with Gasteiger partial charge >= 0.3 is 0 Å². The Hall–Kier alpha value is -3.75. The molecule has 0 bridgehead atoms. The minimum atomic E-state index is -0.605. The second-order valence-corrected chi connectivity index (χ2v) is 8.19. The lowest BCUT2D eigenvalue weighted by Crippen LogP contribution is -2.29. The summed E-state index contributed by atoms with van der Waals surface area (Å²) in [6.07, 6.45) is 5.52. The van der Waals surface area contributed by atoms with Crippen LogP contribution in [0.2, 0.25) is 0 Å². The topological polar surface area (TPSA) is 132 Å². The van der Waals surface area contributed by atoms with Crippen molar-refractivity contribution in [3.8, 4) is 5.75 Å². The van der Waals surface area contributed by atoms with Crippen LogP contribution in [-0.2, 0) is 6.54 Å². The van der Waals surface area contributed by atoms with Gasteiger partial charge in [-0.1, -0.05) is 12.1 Å². The molecule has 3 aromatic rings. The van der Waals surface area contributed by atoms with Crippen molar-refractivity contribution in [2.75, 3.05) is 28.6 Å². The minimum Gasteiger partial charge on any atom is -0.507 e. The molecule has 1 fully saturated rings.